The first-order valence-electron chi connectivity index (χ1n) is 6.54. The lowest BCUT2D eigenvalue weighted by Gasteiger charge is -2.36. The van der Waals surface area contributed by atoms with Crippen LogP contribution >= 0.6 is 15.9 Å². The Kier molecular flexibility index (Phi) is 4.74. The van der Waals surface area contributed by atoms with Crippen LogP contribution in [0.2, 0.25) is 0 Å². The normalized spacial score (nSPS) is 17.7. The fraction of sp³-hybridized carbons (Fsp3) is 0.615. The Morgan fingerprint density at radius 2 is 1.79 bits per heavy atom. The summed E-state index contributed by atoms with van der Waals surface area (Å²) >= 11 is 3.47. The van der Waals surface area contributed by atoms with Gasteiger partial charge >= 0.3 is 0 Å². The van der Waals surface area contributed by atoms with E-state index in [-0.39, 0.29) is 10.7 Å². The van der Waals surface area contributed by atoms with Gasteiger partial charge in [0, 0.05) is 38.6 Å². The summed E-state index contributed by atoms with van der Waals surface area (Å²) in [6, 6.07) is 1.81. The Bertz CT molecular complexity index is 418. The third-order valence-corrected chi connectivity index (χ3v) is 4.70. The molecule has 0 aliphatic carbocycles. The van der Waals surface area contributed by atoms with E-state index in [2.05, 4.69) is 30.8 Å². The van der Waals surface area contributed by atoms with Crippen molar-refractivity contribution in [3.8, 4) is 0 Å². The lowest BCUT2D eigenvalue weighted by molar-refractivity contribution is -0.131. The predicted octanol–water partition coefficient (Wildman–Crippen LogP) is 1.54. The molecule has 2 rings (SSSR count). The maximum atomic E-state index is 12.2. The van der Waals surface area contributed by atoms with Crippen LogP contribution in [0.3, 0.4) is 0 Å². The molecule has 0 radical (unpaired) electrons. The van der Waals surface area contributed by atoms with Gasteiger partial charge in [-0.25, -0.2) is 9.97 Å². The van der Waals surface area contributed by atoms with E-state index in [0.717, 1.165) is 32.1 Å². The fourth-order valence-electron chi connectivity index (χ4n) is 2.04. The van der Waals surface area contributed by atoms with Crippen molar-refractivity contribution in [3.63, 3.8) is 0 Å². The van der Waals surface area contributed by atoms with Crippen LogP contribution in [0.15, 0.2) is 18.5 Å². The number of hydrogen-bond acceptors (Lipinski definition) is 4. The van der Waals surface area contributed by atoms with E-state index in [9.17, 15) is 4.79 Å². The summed E-state index contributed by atoms with van der Waals surface area (Å²) in [5.74, 6) is 1.24. The van der Waals surface area contributed by atoms with Crippen molar-refractivity contribution in [3.05, 3.63) is 18.5 Å². The zero-order valence-electron chi connectivity index (χ0n) is 11.3. The summed E-state index contributed by atoms with van der Waals surface area (Å²) in [6.45, 7) is 7.12. The minimum atomic E-state index is -0.0907. The molecule has 0 spiro atoms. The highest BCUT2D eigenvalue weighted by molar-refractivity contribution is 9.10. The molecule has 1 aromatic rings. The Hall–Kier alpha value is -1.17. The summed E-state index contributed by atoms with van der Waals surface area (Å²) in [5.41, 5.74) is 0. The Balaban J connectivity index is 1.91. The number of halogens is 1. The predicted molar refractivity (Wildman–Crippen MR) is 78.4 cm³/mol. The van der Waals surface area contributed by atoms with Crippen molar-refractivity contribution < 1.29 is 4.79 Å². The number of aromatic nitrogens is 2. The van der Waals surface area contributed by atoms with Gasteiger partial charge in [0.05, 0.1) is 4.83 Å². The molecule has 0 unspecified atom stereocenters. The number of rotatable bonds is 3. The molecule has 19 heavy (non-hydrogen) atoms. The van der Waals surface area contributed by atoms with Gasteiger partial charge in [-0.3, -0.25) is 4.79 Å². The average molecular weight is 327 g/mol. The van der Waals surface area contributed by atoms with Gasteiger partial charge in [0.1, 0.15) is 0 Å². The van der Waals surface area contributed by atoms with E-state index >= 15 is 0 Å². The van der Waals surface area contributed by atoms with E-state index in [1.165, 1.54) is 0 Å². The van der Waals surface area contributed by atoms with Crippen LogP contribution in [0.25, 0.3) is 0 Å². The first kappa shape index (κ1) is 14.2. The highest BCUT2D eigenvalue weighted by atomic mass is 79.9. The molecule has 1 aromatic heterocycles. The molecule has 1 fully saturated rings. The highest BCUT2D eigenvalue weighted by Crippen LogP contribution is 2.17. The number of nitrogens with zero attached hydrogens (tertiary/aromatic N) is 4. The van der Waals surface area contributed by atoms with Gasteiger partial charge in [-0.15, -0.1) is 0 Å². The summed E-state index contributed by atoms with van der Waals surface area (Å²) < 4.78 is 0. The van der Waals surface area contributed by atoms with Crippen molar-refractivity contribution in [1.82, 2.24) is 14.9 Å². The minimum Gasteiger partial charge on any atom is -0.338 e. The van der Waals surface area contributed by atoms with E-state index in [4.69, 9.17) is 0 Å². The maximum absolute atomic E-state index is 12.2. The van der Waals surface area contributed by atoms with Gasteiger partial charge in [-0.2, -0.15) is 0 Å². The van der Waals surface area contributed by atoms with Crippen molar-refractivity contribution >= 4 is 27.8 Å². The minimum absolute atomic E-state index is 0.0907. The van der Waals surface area contributed by atoms with Crippen molar-refractivity contribution in [2.24, 2.45) is 5.92 Å². The molecule has 1 aliphatic rings. The van der Waals surface area contributed by atoms with Gasteiger partial charge in [-0.1, -0.05) is 29.8 Å². The maximum Gasteiger partial charge on any atom is 0.236 e. The second kappa shape index (κ2) is 6.32. The van der Waals surface area contributed by atoms with Crippen LogP contribution < -0.4 is 4.90 Å². The molecular weight excluding hydrogens is 308 g/mol. The average Bonchev–Trinajstić information content (AvgIpc) is 2.46. The molecular formula is C13H19BrN4O. The largest absolute Gasteiger partial charge is 0.338 e. The van der Waals surface area contributed by atoms with Crippen LogP contribution in [0.1, 0.15) is 13.8 Å². The van der Waals surface area contributed by atoms with Crippen LogP contribution in [0.4, 0.5) is 5.95 Å². The van der Waals surface area contributed by atoms with Crippen LogP contribution in [-0.2, 0) is 4.79 Å². The Morgan fingerprint density at radius 1 is 1.21 bits per heavy atom. The molecule has 1 saturated heterocycles. The lowest BCUT2D eigenvalue weighted by atomic mass is 10.1. The zero-order chi connectivity index (χ0) is 13.8. The number of piperazine rings is 1. The van der Waals surface area contributed by atoms with Crippen molar-refractivity contribution in [2.45, 2.75) is 18.7 Å². The van der Waals surface area contributed by atoms with Gasteiger partial charge in [0.25, 0.3) is 0 Å². The van der Waals surface area contributed by atoms with E-state index in [0.29, 0.717) is 5.92 Å². The number of carbonyl (C=O) groups excluding carboxylic acids is 1. The Morgan fingerprint density at radius 3 is 2.32 bits per heavy atom. The number of hydrogen-bond donors (Lipinski definition) is 0. The number of alkyl halides is 1. The fourth-order valence-corrected chi connectivity index (χ4v) is 2.33. The summed E-state index contributed by atoms with van der Waals surface area (Å²) in [7, 11) is 0. The van der Waals surface area contributed by atoms with Crippen molar-refractivity contribution in [1.29, 1.82) is 0 Å². The molecule has 0 N–H and O–H groups in total. The molecule has 5 nitrogen and oxygen atoms in total. The molecule has 2 heterocycles. The van der Waals surface area contributed by atoms with Gasteiger partial charge < -0.3 is 9.80 Å². The molecule has 1 atom stereocenters. The first-order chi connectivity index (χ1) is 9.09. The van der Waals surface area contributed by atoms with Crippen molar-refractivity contribution in [2.75, 3.05) is 31.1 Å². The smallest absolute Gasteiger partial charge is 0.236 e. The second-order valence-electron chi connectivity index (χ2n) is 5.01. The topological polar surface area (TPSA) is 49.3 Å². The highest BCUT2D eigenvalue weighted by Gasteiger charge is 2.28. The molecule has 104 valence electrons. The number of carbonyl (C=O) groups is 1. The standard InChI is InChI=1S/C13H19BrN4O/c1-10(2)11(14)12(19)17-6-8-18(9-7-17)13-15-4-3-5-16-13/h3-5,10-11H,6-9H2,1-2H3/t11-/m1/s1. The monoisotopic (exact) mass is 326 g/mol. The van der Waals surface area contributed by atoms with E-state index in [1.54, 1.807) is 18.5 Å². The van der Waals surface area contributed by atoms with E-state index < -0.39 is 0 Å². The van der Waals surface area contributed by atoms with Gasteiger partial charge in [-0.05, 0) is 12.0 Å². The Labute approximate surface area is 122 Å². The van der Waals surface area contributed by atoms with Gasteiger partial charge in [0.2, 0.25) is 11.9 Å². The summed E-state index contributed by atoms with van der Waals surface area (Å²) in [5, 5.41) is 0. The number of amides is 1. The molecule has 1 aliphatic heterocycles. The molecule has 6 heteroatoms. The van der Waals surface area contributed by atoms with E-state index in [1.807, 2.05) is 18.7 Å². The van der Waals surface area contributed by atoms with Crippen LogP contribution in [0, 0.1) is 5.92 Å². The molecule has 0 saturated carbocycles. The molecule has 0 bridgehead atoms. The zero-order valence-corrected chi connectivity index (χ0v) is 12.9. The SMILES string of the molecule is CC(C)[C@@H](Br)C(=O)N1CCN(c2ncccn2)CC1. The third-order valence-electron chi connectivity index (χ3n) is 3.25. The number of anilines is 1. The molecule has 0 aromatic carbocycles. The van der Waals surface area contributed by atoms with Gasteiger partial charge in [0.15, 0.2) is 0 Å². The quantitative estimate of drug-likeness (QED) is 0.791. The lowest BCUT2D eigenvalue weighted by Crippen LogP contribution is -2.51. The summed E-state index contributed by atoms with van der Waals surface area (Å²) in [6.07, 6.45) is 3.49. The molecule has 1 amide bonds. The summed E-state index contributed by atoms with van der Waals surface area (Å²) in [4.78, 5) is 24.6. The first-order valence-corrected chi connectivity index (χ1v) is 7.46. The van der Waals surface area contributed by atoms with Crippen LogP contribution in [-0.4, -0.2) is 51.8 Å². The second-order valence-corrected chi connectivity index (χ2v) is 5.99. The van der Waals surface area contributed by atoms with Crippen LogP contribution in [0.5, 0.6) is 0 Å². The third kappa shape index (κ3) is 3.43.